The number of fused-ring (bicyclic) bond motifs is 9. The first-order valence-corrected chi connectivity index (χ1v) is 8.84. The predicted molar refractivity (Wildman–Crippen MR) is 104 cm³/mol. The molecule has 6 rings (SSSR count). The van der Waals surface area contributed by atoms with Crippen molar-refractivity contribution in [2.45, 2.75) is 19.3 Å². The highest BCUT2D eigenvalue weighted by Gasteiger charge is 2.38. The predicted octanol–water partition coefficient (Wildman–Crippen LogP) is 5.84. The summed E-state index contributed by atoms with van der Waals surface area (Å²) < 4.78 is 6.32. The lowest BCUT2D eigenvalue weighted by atomic mass is 9.80. The van der Waals surface area contributed by atoms with Crippen LogP contribution < -0.4 is 0 Å². The normalized spacial score (nSPS) is 14.8. The summed E-state index contributed by atoms with van der Waals surface area (Å²) in [5.41, 5.74) is 6.62. The fraction of sp³-hybridized carbons (Fsp3) is 0.130. The van der Waals surface area contributed by atoms with Gasteiger partial charge in [0.05, 0.1) is 5.69 Å². The highest BCUT2D eigenvalue weighted by Crippen LogP contribution is 2.52. The molecule has 0 saturated heterocycles. The minimum absolute atomic E-state index is 0.112. The van der Waals surface area contributed by atoms with Crippen LogP contribution in [-0.4, -0.2) is 9.97 Å². The summed E-state index contributed by atoms with van der Waals surface area (Å²) in [6, 6.07) is 14.8. The van der Waals surface area contributed by atoms with Crippen LogP contribution in [-0.2, 0) is 5.41 Å². The minimum Gasteiger partial charge on any atom is -0.455 e. The molecule has 0 aliphatic heterocycles. The largest absolute Gasteiger partial charge is 0.455 e. The highest BCUT2D eigenvalue weighted by atomic mass is 16.3. The average Bonchev–Trinajstić information content (AvgIpc) is 3.16. The smallest absolute Gasteiger partial charge is 0.144 e. The van der Waals surface area contributed by atoms with Crippen molar-refractivity contribution in [1.29, 1.82) is 0 Å². The van der Waals surface area contributed by atoms with Crippen molar-refractivity contribution in [3.8, 4) is 11.3 Å². The third-order valence-corrected chi connectivity index (χ3v) is 5.78. The Balaban J connectivity index is 1.84. The first-order chi connectivity index (χ1) is 12.7. The second-order valence-corrected chi connectivity index (χ2v) is 7.53. The molecule has 3 nitrogen and oxygen atoms in total. The van der Waals surface area contributed by atoms with E-state index in [1.165, 1.54) is 22.1 Å². The van der Waals surface area contributed by atoms with Crippen LogP contribution in [0.3, 0.4) is 0 Å². The quantitative estimate of drug-likeness (QED) is 0.357. The van der Waals surface area contributed by atoms with E-state index in [1.54, 1.807) is 0 Å². The standard InChI is InChI=1S/C23H16N2O/c1-23(2)17-4-3-10-25-21(17)15-7-8-18-19(20(15)23)14-6-5-13-9-11-24-12-16(13)22(14)26-18/h3-12H,1-2H3. The van der Waals surface area contributed by atoms with Gasteiger partial charge in [0.25, 0.3) is 0 Å². The molecule has 1 aliphatic carbocycles. The number of hydrogen-bond acceptors (Lipinski definition) is 3. The van der Waals surface area contributed by atoms with E-state index >= 15 is 0 Å². The number of hydrogen-bond donors (Lipinski definition) is 0. The third-order valence-electron chi connectivity index (χ3n) is 5.78. The van der Waals surface area contributed by atoms with E-state index in [2.05, 4.69) is 54.1 Å². The van der Waals surface area contributed by atoms with Gasteiger partial charge in [-0.2, -0.15) is 0 Å². The van der Waals surface area contributed by atoms with Crippen LogP contribution in [0.2, 0.25) is 0 Å². The number of aromatic nitrogens is 2. The molecule has 3 aromatic heterocycles. The SMILES string of the molecule is CC1(C)c2cccnc2-c2ccc3oc4c5cnccc5ccc4c3c21. The van der Waals surface area contributed by atoms with Crippen molar-refractivity contribution in [3.05, 3.63) is 72.2 Å². The summed E-state index contributed by atoms with van der Waals surface area (Å²) in [7, 11) is 0. The first-order valence-electron chi connectivity index (χ1n) is 8.84. The highest BCUT2D eigenvalue weighted by molar-refractivity contribution is 6.17. The van der Waals surface area contributed by atoms with Crippen molar-refractivity contribution < 1.29 is 4.42 Å². The number of pyridine rings is 2. The zero-order valence-electron chi connectivity index (χ0n) is 14.6. The van der Waals surface area contributed by atoms with Gasteiger partial charge in [-0.1, -0.05) is 26.0 Å². The Bertz CT molecular complexity index is 1360. The van der Waals surface area contributed by atoms with Gasteiger partial charge in [-0.15, -0.1) is 0 Å². The van der Waals surface area contributed by atoms with E-state index in [0.29, 0.717) is 0 Å². The lowest BCUT2D eigenvalue weighted by Gasteiger charge is -2.21. The van der Waals surface area contributed by atoms with Crippen LogP contribution in [0.4, 0.5) is 0 Å². The van der Waals surface area contributed by atoms with Gasteiger partial charge >= 0.3 is 0 Å². The Morgan fingerprint density at radius 1 is 0.923 bits per heavy atom. The van der Waals surface area contributed by atoms with Crippen LogP contribution >= 0.6 is 0 Å². The molecule has 1 aliphatic rings. The number of nitrogens with zero attached hydrogens (tertiary/aromatic N) is 2. The van der Waals surface area contributed by atoms with Crippen molar-refractivity contribution >= 4 is 32.7 Å². The van der Waals surface area contributed by atoms with E-state index in [0.717, 1.165) is 33.0 Å². The lowest BCUT2D eigenvalue weighted by molar-refractivity contribution is 0.657. The summed E-state index contributed by atoms with van der Waals surface area (Å²) in [6.45, 7) is 4.56. The summed E-state index contributed by atoms with van der Waals surface area (Å²) in [5.74, 6) is 0. The number of benzene rings is 2. The molecule has 0 spiro atoms. The van der Waals surface area contributed by atoms with Crippen molar-refractivity contribution in [2.75, 3.05) is 0 Å². The van der Waals surface area contributed by atoms with E-state index < -0.39 is 0 Å². The zero-order valence-corrected chi connectivity index (χ0v) is 14.6. The molecular weight excluding hydrogens is 320 g/mol. The molecule has 0 N–H and O–H groups in total. The summed E-state index contributed by atoms with van der Waals surface area (Å²) in [4.78, 5) is 8.97. The fourth-order valence-electron chi connectivity index (χ4n) is 4.59. The van der Waals surface area contributed by atoms with Crippen LogP contribution in [0.25, 0.3) is 44.0 Å². The van der Waals surface area contributed by atoms with Crippen LogP contribution in [0.15, 0.2) is 65.5 Å². The Labute approximate surface area is 150 Å². The Morgan fingerprint density at radius 3 is 2.77 bits per heavy atom. The van der Waals surface area contributed by atoms with Crippen molar-refractivity contribution in [2.24, 2.45) is 0 Å². The van der Waals surface area contributed by atoms with Crippen LogP contribution in [0, 0.1) is 0 Å². The molecule has 0 bridgehead atoms. The van der Waals surface area contributed by atoms with Gasteiger partial charge in [-0.25, -0.2) is 0 Å². The van der Waals surface area contributed by atoms with E-state index in [9.17, 15) is 0 Å². The Hall–Kier alpha value is -3.20. The monoisotopic (exact) mass is 336 g/mol. The molecule has 0 radical (unpaired) electrons. The van der Waals surface area contributed by atoms with Crippen LogP contribution in [0.1, 0.15) is 25.0 Å². The van der Waals surface area contributed by atoms with Crippen molar-refractivity contribution in [3.63, 3.8) is 0 Å². The Kier molecular flexibility index (Phi) is 2.42. The number of rotatable bonds is 0. The maximum absolute atomic E-state index is 6.32. The topological polar surface area (TPSA) is 38.9 Å². The molecule has 3 heteroatoms. The second-order valence-electron chi connectivity index (χ2n) is 7.53. The maximum Gasteiger partial charge on any atom is 0.144 e. The first kappa shape index (κ1) is 14.0. The lowest BCUT2D eigenvalue weighted by Crippen LogP contribution is -2.15. The molecular formula is C23H16N2O. The molecule has 5 aromatic rings. The van der Waals surface area contributed by atoms with Gasteiger partial charge < -0.3 is 4.42 Å². The maximum atomic E-state index is 6.32. The van der Waals surface area contributed by atoms with Gasteiger partial charge in [-0.3, -0.25) is 9.97 Å². The summed E-state index contributed by atoms with van der Waals surface area (Å²) in [5, 5.41) is 4.55. The van der Waals surface area contributed by atoms with Crippen LogP contribution in [0.5, 0.6) is 0 Å². The van der Waals surface area contributed by atoms with E-state index in [-0.39, 0.29) is 5.41 Å². The molecule has 0 saturated carbocycles. The Morgan fingerprint density at radius 2 is 1.85 bits per heavy atom. The van der Waals surface area contributed by atoms with E-state index in [1.807, 2.05) is 30.7 Å². The van der Waals surface area contributed by atoms with Gasteiger partial charge in [0.1, 0.15) is 11.2 Å². The average molecular weight is 336 g/mol. The fourth-order valence-corrected chi connectivity index (χ4v) is 4.59. The second kappa shape index (κ2) is 4.50. The van der Waals surface area contributed by atoms with E-state index in [4.69, 9.17) is 4.42 Å². The molecule has 0 atom stereocenters. The molecule has 3 heterocycles. The number of furan rings is 1. The molecule has 124 valence electrons. The van der Waals surface area contributed by atoms with Gasteiger partial charge in [0, 0.05) is 45.7 Å². The van der Waals surface area contributed by atoms with Gasteiger partial charge in [-0.05, 0) is 46.8 Å². The molecule has 0 unspecified atom stereocenters. The van der Waals surface area contributed by atoms with Gasteiger partial charge in [0.15, 0.2) is 0 Å². The zero-order chi connectivity index (χ0) is 17.5. The van der Waals surface area contributed by atoms with Gasteiger partial charge in [0.2, 0.25) is 0 Å². The molecule has 26 heavy (non-hydrogen) atoms. The minimum atomic E-state index is -0.112. The molecule has 0 amide bonds. The molecule has 2 aromatic carbocycles. The summed E-state index contributed by atoms with van der Waals surface area (Å²) in [6.07, 6.45) is 5.59. The summed E-state index contributed by atoms with van der Waals surface area (Å²) >= 11 is 0. The molecule has 0 fully saturated rings. The van der Waals surface area contributed by atoms with Crippen molar-refractivity contribution in [1.82, 2.24) is 9.97 Å². The third kappa shape index (κ3) is 1.54.